The molecule has 0 spiro atoms. The SMILES string of the molecule is CC1(C(=O)NC2CCCCCC2)Cn2c(ccc2-c2ccco2)C(=O)N1Cc1ccco1. The normalized spacial score (nSPS) is 21.9. The molecule has 1 atom stereocenters. The van der Waals surface area contributed by atoms with Crippen molar-refractivity contribution in [1.82, 2.24) is 14.8 Å². The van der Waals surface area contributed by atoms with Crippen LogP contribution in [0.1, 0.15) is 61.7 Å². The molecule has 1 saturated carbocycles. The van der Waals surface area contributed by atoms with Crippen LogP contribution in [0.5, 0.6) is 0 Å². The predicted octanol–water partition coefficient (Wildman–Crippen LogP) is 4.59. The van der Waals surface area contributed by atoms with E-state index >= 15 is 0 Å². The Bertz CT molecular complexity index is 1070. The van der Waals surface area contributed by atoms with Crippen LogP contribution in [0.2, 0.25) is 0 Å². The van der Waals surface area contributed by atoms with Crippen LogP contribution >= 0.6 is 0 Å². The van der Waals surface area contributed by atoms with Crippen LogP contribution in [-0.2, 0) is 17.9 Å². The summed E-state index contributed by atoms with van der Waals surface area (Å²) in [7, 11) is 0. The standard InChI is InChI=1S/C25H29N3O4/c1-25(24(30)26-18-8-4-2-3-5-9-18)17-27-20(22-11-7-15-32-22)12-13-21(27)23(29)28(25)16-19-10-6-14-31-19/h6-7,10-15,18H,2-5,8-9,16-17H2,1H3,(H,26,30). The lowest BCUT2D eigenvalue weighted by Gasteiger charge is -2.44. The van der Waals surface area contributed by atoms with E-state index in [-0.39, 0.29) is 24.4 Å². The van der Waals surface area contributed by atoms with Crippen molar-refractivity contribution in [3.8, 4) is 11.5 Å². The second-order valence-electron chi connectivity index (χ2n) is 9.07. The zero-order valence-electron chi connectivity index (χ0n) is 18.4. The summed E-state index contributed by atoms with van der Waals surface area (Å²) < 4.78 is 13.0. The first-order valence-corrected chi connectivity index (χ1v) is 11.4. The number of carbonyl (C=O) groups excluding carboxylic acids is 2. The monoisotopic (exact) mass is 435 g/mol. The fraction of sp³-hybridized carbons (Fsp3) is 0.440. The minimum Gasteiger partial charge on any atom is -0.467 e. The summed E-state index contributed by atoms with van der Waals surface area (Å²) in [5, 5.41) is 3.28. The number of nitrogens with one attached hydrogen (secondary N) is 1. The van der Waals surface area contributed by atoms with Gasteiger partial charge in [0.25, 0.3) is 5.91 Å². The van der Waals surface area contributed by atoms with Gasteiger partial charge in [0.15, 0.2) is 0 Å². The molecule has 3 aromatic rings. The van der Waals surface area contributed by atoms with Gasteiger partial charge in [-0.1, -0.05) is 25.7 Å². The molecular formula is C25H29N3O4. The van der Waals surface area contributed by atoms with Crippen LogP contribution in [0.3, 0.4) is 0 Å². The molecule has 1 N–H and O–H groups in total. The van der Waals surface area contributed by atoms with Crippen molar-refractivity contribution in [1.29, 1.82) is 0 Å². The second-order valence-corrected chi connectivity index (χ2v) is 9.07. The van der Waals surface area contributed by atoms with Gasteiger partial charge in [0.05, 0.1) is 31.3 Å². The van der Waals surface area contributed by atoms with E-state index in [4.69, 9.17) is 8.83 Å². The van der Waals surface area contributed by atoms with E-state index in [1.54, 1.807) is 29.6 Å². The third kappa shape index (κ3) is 3.66. The van der Waals surface area contributed by atoms with Crippen LogP contribution in [-0.4, -0.2) is 32.9 Å². The van der Waals surface area contributed by atoms with Gasteiger partial charge in [-0.15, -0.1) is 0 Å². The van der Waals surface area contributed by atoms with Crippen molar-refractivity contribution in [2.75, 3.05) is 0 Å². The number of furan rings is 2. The summed E-state index contributed by atoms with van der Waals surface area (Å²) in [6, 6.07) is 11.2. The van der Waals surface area contributed by atoms with Crippen molar-refractivity contribution in [2.45, 2.75) is 70.1 Å². The van der Waals surface area contributed by atoms with Gasteiger partial charge in [0.2, 0.25) is 5.91 Å². The first-order valence-electron chi connectivity index (χ1n) is 11.4. The van der Waals surface area contributed by atoms with Crippen LogP contribution in [0, 0.1) is 0 Å². The molecule has 2 amide bonds. The molecule has 7 heteroatoms. The molecule has 1 aliphatic carbocycles. The van der Waals surface area contributed by atoms with E-state index in [1.807, 2.05) is 35.8 Å². The van der Waals surface area contributed by atoms with Crippen LogP contribution in [0.25, 0.3) is 11.5 Å². The third-order valence-electron chi connectivity index (χ3n) is 6.85. The lowest BCUT2D eigenvalue weighted by Crippen LogP contribution is -2.64. The Morgan fingerprint density at radius 2 is 1.75 bits per heavy atom. The van der Waals surface area contributed by atoms with E-state index in [0.29, 0.717) is 23.8 Å². The Kier molecular flexibility index (Phi) is 5.41. The Balaban J connectivity index is 1.51. The average Bonchev–Trinajstić information content (AvgIpc) is 3.52. The molecule has 0 aromatic carbocycles. The molecule has 0 saturated heterocycles. The predicted molar refractivity (Wildman–Crippen MR) is 119 cm³/mol. The highest BCUT2D eigenvalue weighted by Crippen LogP contribution is 2.34. The molecule has 7 nitrogen and oxygen atoms in total. The van der Waals surface area contributed by atoms with Gasteiger partial charge in [0.1, 0.15) is 22.8 Å². The summed E-state index contributed by atoms with van der Waals surface area (Å²) >= 11 is 0. The molecule has 1 aliphatic heterocycles. The van der Waals surface area contributed by atoms with E-state index < -0.39 is 5.54 Å². The maximum absolute atomic E-state index is 13.7. The number of rotatable bonds is 5. The number of amides is 2. The quantitative estimate of drug-likeness (QED) is 0.594. The van der Waals surface area contributed by atoms with E-state index in [0.717, 1.165) is 31.4 Å². The molecule has 3 aromatic heterocycles. The zero-order valence-corrected chi connectivity index (χ0v) is 18.4. The molecule has 1 fully saturated rings. The fourth-order valence-corrected chi connectivity index (χ4v) is 4.98. The van der Waals surface area contributed by atoms with Crippen LogP contribution in [0.15, 0.2) is 57.8 Å². The highest BCUT2D eigenvalue weighted by Gasteiger charge is 2.48. The van der Waals surface area contributed by atoms with Gasteiger partial charge in [-0.05, 0) is 56.2 Å². The Morgan fingerprint density at radius 3 is 2.44 bits per heavy atom. The summed E-state index contributed by atoms with van der Waals surface area (Å²) in [6.07, 6.45) is 9.85. The van der Waals surface area contributed by atoms with Gasteiger partial charge in [-0.2, -0.15) is 0 Å². The van der Waals surface area contributed by atoms with Crippen LogP contribution in [0.4, 0.5) is 0 Å². The van der Waals surface area contributed by atoms with Crippen molar-refractivity contribution in [3.05, 3.63) is 60.4 Å². The molecule has 0 radical (unpaired) electrons. The number of carbonyl (C=O) groups is 2. The first-order chi connectivity index (χ1) is 15.6. The zero-order chi connectivity index (χ0) is 22.1. The first kappa shape index (κ1) is 20.7. The largest absolute Gasteiger partial charge is 0.467 e. The van der Waals surface area contributed by atoms with Gasteiger partial charge in [-0.25, -0.2) is 0 Å². The molecule has 0 bridgehead atoms. The van der Waals surface area contributed by atoms with Gasteiger partial charge in [0, 0.05) is 6.04 Å². The molecule has 1 unspecified atom stereocenters. The second kappa shape index (κ2) is 8.37. The molecule has 168 valence electrons. The van der Waals surface area contributed by atoms with Gasteiger partial charge >= 0.3 is 0 Å². The lowest BCUT2D eigenvalue weighted by molar-refractivity contribution is -0.134. The van der Waals surface area contributed by atoms with Crippen molar-refractivity contribution in [3.63, 3.8) is 0 Å². The lowest BCUT2D eigenvalue weighted by atomic mass is 9.93. The van der Waals surface area contributed by atoms with Crippen LogP contribution < -0.4 is 5.32 Å². The Hall–Kier alpha value is -3.22. The third-order valence-corrected chi connectivity index (χ3v) is 6.85. The van der Waals surface area contributed by atoms with Gasteiger partial charge in [-0.3, -0.25) is 9.59 Å². The fourth-order valence-electron chi connectivity index (χ4n) is 4.98. The molecular weight excluding hydrogens is 406 g/mol. The number of hydrogen-bond acceptors (Lipinski definition) is 4. The number of nitrogens with zero attached hydrogens (tertiary/aromatic N) is 2. The number of aromatic nitrogens is 1. The van der Waals surface area contributed by atoms with Crippen molar-refractivity contribution >= 4 is 11.8 Å². The van der Waals surface area contributed by atoms with E-state index in [1.165, 1.54) is 12.8 Å². The number of hydrogen-bond donors (Lipinski definition) is 1. The molecule has 32 heavy (non-hydrogen) atoms. The van der Waals surface area contributed by atoms with Gasteiger partial charge < -0.3 is 23.6 Å². The molecule has 2 aliphatic rings. The summed E-state index contributed by atoms with van der Waals surface area (Å²) in [5.41, 5.74) is 0.274. The highest BCUT2D eigenvalue weighted by molar-refractivity contribution is 6.00. The van der Waals surface area contributed by atoms with Crippen molar-refractivity contribution in [2.24, 2.45) is 0 Å². The molecule has 5 rings (SSSR count). The summed E-state index contributed by atoms with van der Waals surface area (Å²) in [6.45, 7) is 2.44. The molecule has 4 heterocycles. The topological polar surface area (TPSA) is 80.6 Å². The summed E-state index contributed by atoms with van der Waals surface area (Å²) in [5.74, 6) is 1.02. The Labute approximate surface area is 187 Å². The average molecular weight is 436 g/mol. The maximum Gasteiger partial charge on any atom is 0.271 e. The Morgan fingerprint density at radius 1 is 1.03 bits per heavy atom. The maximum atomic E-state index is 13.7. The van der Waals surface area contributed by atoms with E-state index in [2.05, 4.69) is 5.32 Å². The minimum atomic E-state index is -1.07. The minimum absolute atomic E-state index is 0.117. The highest BCUT2D eigenvalue weighted by atomic mass is 16.3. The smallest absolute Gasteiger partial charge is 0.271 e. The number of fused-ring (bicyclic) bond motifs is 1. The van der Waals surface area contributed by atoms with Crippen molar-refractivity contribution < 1.29 is 18.4 Å². The van der Waals surface area contributed by atoms with E-state index in [9.17, 15) is 9.59 Å². The summed E-state index contributed by atoms with van der Waals surface area (Å²) in [4.78, 5) is 29.0.